The number of fused-ring (bicyclic) bond motifs is 2. The number of halogens is 1. The van der Waals surface area contributed by atoms with Crippen molar-refractivity contribution in [2.75, 3.05) is 13.2 Å². The number of hydrogen-bond donors (Lipinski definition) is 1. The molecular formula is C14H10ClNO4. The van der Waals surface area contributed by atoms with Gasteiger partial charge in [0.1, 0.15) is 18.4 Å². The summed E-state index contributed by atoms with van der Waals surface area (Å²) in [5.74, 6) is 0.255. The van der Waals surface area contributed by atoms with Crippen LogP contribution in [0, 0.1) is 0 Å². The van der Waals surface area contributed by atoms with Crippen molar-refractivity contribution >= 4 is 34.5 Å². The van der Waals surface area contributed by atoms with E-state index < -0.39 is 5.97 Å². The van der Waals surface area contributed by atoms with Crippen LogP contribution in [0.5, 0.6) is 11.5 Å². The molecule has 0 saturated heterocycles. The summed E-state index contributed by atoms with van der Waals surface area (Å²) >= 11 is 6.04. The summed E-state index contributed by atoms with van der Waals surface area (Å²) in [6.45, 7) is 1.01. The molecule has 0 unspecified atom stereocenters. The average Bonchev–Trinajstić information content (AvgIpc) is 2.43. The van der Waals surface area contributed by atoms with Gasteiger partial charge in [0, 0.05) is 23.1 Å². The van der Waals surface area contributed by atoms with E-state index in [1.54, 1.807) is 12.1 Å². The number of ether oxygens (including phenoxy) is 2. The average molecular weight is 292 g/mol. The third kappa shape index (κ3) is 2.40. The lowest BCUT2D eigenvalue weighted by Crippen LogP contribution is -2.15. The van der Waals surface area contributed by atoms with Crippen LogP contribution in [0.4, 0.5) is 0 Å². The molecule has 1 N–H and O–H groups in total. The Morgan fingerprint density at radius 3 is 2.65 bits per heavy atom. The first-order chi connectivity index (χ1) is 9.63. The van der Waals surface area contributed by atoms with Crippen LogP contribution >= 0.6 is 11.6 Å². The van der Waals surface area contributed by atoms with E-state index in [9.17, 15) is 4.79 Å². The van der Waals surface area contributed by atoms with Crippen molar-refractivity contribution in [3.63, 3.8) is 0 Å². The number of hydrogen-bond acceptors (Lipinski definition) is 4. The van der Waals surface area contributed by atoms with Crippen molar-refractivity contribution in [2.45, 2.75) is 0 Å². The Balaban J connectivity index is 2.12. The first-order valence-electron chi connectivity index (χ1n) is 5.94. The van der Waals surface area contributed by atoms with Crippen LogP contribution in [0.2, 0.25) is 5.15 Å². The zero-order chi connectivity index (χ0) is 14.1. The summed E-state index contributed by atoms with van der Waals surface area (Å²) < 4.78 is 11.0. The van der Waals surface area contributed by atoms with Crippen molar-refractivity contribution in [2.24, 2.45) is 0 Å². The Bertz CT molecular complexity index is 727. The predicted molar refractivity (Wildman–Crippen MR) is 74.4 cm³/mol. The summed E-state index contributed by atoms with van der Waals surface area (Å²) in [5.41, 5.74) is 1.21. The molecule has 20 heavy (non-hydrogen) atoms. The van der Waals surface area contributed by atoms with Crippen LogP contribution < -0.4 is 9.47 Å². The zero-order valence-corrected chi connectivity index (χ0v) is 11.1. The minimum Gasteiger partial charge on any atom is -0.486 e. The maximum Gasteiger partial charge on any atom is 0.328 e. The number of aromatic nitrogens is 1. The van der Waals surface area contributed by atoms with E-state index in [0.29, 0.717) is 35.8 Å². The lowest BCUT2D eigenvalue weighted by Gasteiger charge is -2.18. The number of rotatable bonds is 2. The van der Waals surface area contributed by atoms with Gasteiger partial charge in [-0.25, -0.2) is 9.78 Å². The van der Waals surface area contributed by atoms with E-state index in [-0.39, 0.29) is 5.15 Å². The second kappa shape index (κ2) is 5.02. The van der Waals surface area contributed by atoms with Crippen molar-refractivity contribution in [3.8, 4) is 11.5 Å². The highest BCUT2D eigenvalue weighted by atomic mass is 35.5. The summed E-state index contributed by atoms with van der Waals surface area (Å²) in [4.78, 5) is 14.8. The monoisotopic (exact) mass is 291 g/mol. The number of nitrogens with zero attached hydrogens (tertiary/aromatic N) is 1. The number of carboxylic acids is 1. The maximum atomic E-state index is 10.6. The maximum absolute atomic E-state index is 10.6. The van der Waals surface area contributed by atoms with Crippen molar-refractivity contribution in [1.82, 2.24) is 4.98 Å². The zero-order valence-electron chi connectivity index (χ0n) is 10.3. The molecule has 1 aliphatic rings. The highest BCUT2D eigenvalue weighted by molar-refractivity contribution is 6.31. The van der Waals surface area contributed by atoms with Gasteiger partial charge in [-0.2, -0.15) is 0 Å². The first kappa shape index (κ1) is 12.7. The molecule has 0 saturated carbocycles. The second-order valence-corrected chi connectivity index (χ2v) is 4.59. The Morgan fingerprint density at radius 1 is 1.25 bits per heavy atom. The number of benzene rings is 1. The van der Waals surface area contributed by atoms with E-state index in [4.69, 9.17) is 26.2 Å². The first-order valence-corrected chi connectivity index (χ1v) is 6.32. The summed E-state index contributed by atoms with van der Waals surface area (Å²) in [6, 6.07) is 5.34. The van der Waals surface area contributed by atoms with Crippen LogP contribution in [0.1, 0.15) is 5.56 Å². The van der Waals surface area contributed by atoms with Crippen LogP contribution in [-0.2, 0) is 4.79 Å². The summed E-state index contributed by atoms with van der Waals surface area (Å²) in [6.07, 6.45) is 2.43. The Kier molecular flexibility index (Phi) is 3.20. The van der Waals surface area contributed by atoms with Gasteiger partial charge < -0.3 is 14.6 Å². The summed E-state index contributed by atoms with van der Waals surface area (Å²) in [7, 11) is 0. The fourth-order valence-electron chi connectivity index (χ4n) is 1.98. The molecule has 1 aromatic carbocycles. The Morgan fingerprint density at radius 2 is 1.95 bits per heavy atom. The molecule has 2 aromatic rings. The second-order valence-electron chi connectivity index (χ2n) is 4.23. The molecule has 0 spiro atoms. The van der Waals surface area contributed by atoms with Gasteiger partial charge in [0.25, 0.3) is 0 Å². The highest BCUT2D eigenvalue weighted by Crippen LogP contribution is 2.35. The van der Waals surface area contributed by atoms with Crippen molar-refractivity contribution in [3.05, 3.63) is 35.0 Å². The Labute approximate surface area is 119 Å². The third-order valence-electron chi connectivity index (χ3n) is 2.86. The lowest BCUT2D eigenvalue weighted by molar-refractivity contribution is -0.131. The largest absolute Gasteiger partial charge is 0.486 e. The number of carboxylic acid groups (broad SMARTS) is 1. The topological polar surface area (TPSA) is 68.7 Å². The lowest BCUT2D eigenvalue weighted by atomic mass is 10.1. The molecule has 0 amide bonds. The van der Waals surface area contributed by atoms with Crippen molar-refractivity contribution < 1.29 is 19.4 Å². The fourth-order valence-corrected chi connectivity index (χ4v) is 2.19. The SMILES string of the molecule is O=C(O)/C=C/c1cc2cc3c(cc2nc1Cl)OCCO3. The standard InChI is InChI=1S/C14H10ClNO4/c15-14-8(1-2-13(17)18)5-9-6-11-12(7-10(9)16-14)20-4-3-19-11/h1-2,5-7H,3-4H2,(H,17,18)/b2-1+. The Hall–Kier alpha value is -2.27. The molecule has 0 atom stereocenters. The minimum atomic E-state index is -1.04. The molecule has 102 valence electrons. The van der Waals surface area contributed by atoms with Gasteiger partial charge in [-0.1, -0.05) is 11.6 Å². The normalized spacial score (nSPS) is 13.8. The third-order valence-corrected chi connectivity index (χ3v) is 3.17. The smallest absolute Gasteiger partial charge is 0.328 e. The molecule has 0 aliphatic carbocycles. The quantitative estimate of drug-likeness (QED) is 0.680. The van der Waals surface area contributed by atoms with E-state index >= 15 is 0 Å². The van der Waals surface area contributed by atoms with Gasteiger partial charge >= 0.3 is 5.97 Å². The number of pyridine rings is 1. The van der Waals surface area contributed by atoms with Crippen LogP contribution in [0.3, 0.4) is 0 Å². The van der Waals surface area contributed by atoms with Gasteiger partial charge in [-0.05, 0) is 18.2 Å². The molecule has 1 aliphatic heterocycles. The highest BCUT2D eigenvalue weighted by Gasteiger charge is 2.14. The van der Waals surface area contributed by atoms with E-state index in [1.807, 2.05) is 6.07 Å². The molecule has 6 heteroatoms. The molecule has 1 aromatic heterocycles. The van der Waals surface area contributed by atoms with Gasteiger partial charge in [0.05, 0.1) is 5.52 Å². The summed E-state index contributed by atoms with van der Waals surface area (Å²) in [5, 5.41) is 9.70. The van der Waals surface area contributed by atoms with Crippen LogP contribution in [0.25, 0.3) is 17.0 Å². The van der Waals surface area contributed by atoms with E-state index in [0.717, 1.165) is 11.5 Å². The molecule has 5 nitrogen and oxygen atoms in total. The van der Waals surface area contributed by atoms with Gasteiger partial charge in [0.2, 0.25) is 0 Å². The number of carbonyl (C=O) groups is 1. The van der Waals surface area contributed by atoms with Gasteiger partial charge in [0.15, 0.2) is 11.5 Å². The number of aliphatic carboxylic acids is 1. The molecule has 0 fully saturated rings. The molecule has 2 heterocycles. The van der Waals surface area contributed by atoms with Crippen LogP contribution in [-0.4, -0.2) is 29.3 Å². The van der Waals surface area contributed by atoms with E-state index in [1.165, 1.54) is 6.08 Å². The predicted octanol–water partition coefficient (Wildman–Crippen LogP) is 2.76. The minimum absolute atomic E-state index is 0.242. The molecule has 0 bridgehead atoms. The van der Waals surface area contributed by atoms with Crippen molar-refractivity contribution in [1.29, 1.82) is 0 Å². The van der Waals surface area contributed by atoms with Crippen LogP contribution in [0.15, 0.2) is 24.3 Å². The molecular weight excluding hydrogens is 282 g/mol. The fraction of sp³-hybridized carbons (Fsp3) is 0.143. The molecule has 3 rings (SSSR count). The van der Waals surface area contributed by atoms with E-state index in [2.05, 4.69) is 4.98 Å². The molecule has 0 radical (unpaired) electrons. The van der Waals surface area contributed by atoms with Gasteiger partial charge in [-0.15, -0.1) is 0 Å². The van der Waals surface area contributed by atoms with Gasteiger partial charge in [-0.3, -0.25) is 0 Å².